The number of phenolic OH excluding ortho intramolecular Hbond substituents is 1. The number of aromatic hydroxyl groups is 1. The van der Waals surface area contributed by atoms with Crippen LogP contribution in [0.15, 0.2) is 57.9 Å². The first-order valence-electron chi connectivity index (χ1n) is 12.4. The maximum atomic E-state index is 13.0. The molecule has 1 aliphatic heterocycles. The van der Waals surface area contributed by atoms with Crippen LogP contribution in [0.3, 0.4) is 0 Å². The largest absolute Gasteiger partial charge is 0.508 e. The molecule has 0 saturated carbocycles. The molecule has 14 nitrogen and oxygen atoms in total. The molecule has 4 rings (SSSR count). The zero-order valence-corrected chi connectivity index (χ0v) is 21.7. The van der Waals surface area contributed by atoms with Crippen molar-refractivity contribution in [3.05, 3.63) is 59.0 Å². The summed E-state index contributed by atoms with van der Waals surface area (Å²) < 4.78 is 21.8. The summed E-state index contributed by atoms with van der Waals surface area (Å²) in [6.07, 6.45) is -5.98. The van der Waals surface area contributed by atoms with Crippen LogP contribution in [0.4, 0.5) is 0 Å². The second-order valence-corrected chi connectivity index (χ2v) is 9.46. The number of esters is 1. The molecule has 1 aliphatic rings. The first-order valence-corrected chi connectivity index (χ1v) is 12.4. The summed E-state index contributed by atoms with van der Waals surface area (Å²) in [6.45, 7) is -2.11. The number of hydrogen-bond acceptors (Lipinski definition) is 13. The van der Waals surface area contributed by atoms with Gasteiger partial charge in [-0.3, -0.25) is 14.4 Å². The van der Waals surface area contributed by atoms with Crippen molar-refractivity contribution in [2.24, 2.45) is 5.92 Å². The van der Waals surface area contributed by atoms with Crippen LogP contribution in [0.5, 0.6) is 11.5 Å². The molecule has 1 aromatic heterocycles. The number of phenols is 1. The van der Waals surface area contributed by atoms with Gasteiger partial charge in [-0.25, -0.2) is 0 Å². The number of aliphatic carboxylic acids is 1. The van der Waals surface area contributed by atoms with E-state index in [-0.39, 0.29) is 40.0 Å². The van der Waals surface area contributed by atoms with Gasteiger partial charge in [-0.1, -0.05) is 12.1 Å². The molecule has 0 radical (unpaired) electrons. The molecule has 3 aromatic rings. The van der Waals surface area contributed by atoms with Crippen molar-refractivity contribution < 1.29 is 58.9 Å². The van der Waals surface area contributed by atoms with Crippen molar-refractivity contribution in [3.63, 3.8) is 0 Å². The van der Waals surface area contributed by atoms with Gasteiger partial charge in [0.2, 0.25) is 6.29 Å². The fourth-order valence-corrected chi connectivity index (χ4v) is 4.36. The molecule has 2 aromatic carbocycles. The first-order chi connectivity index (χ1) is 19.5. The molecule has 0 aliphatic carbocycles. The second-order valence-electron chi connectivity index (χ2n) is 9.46. The highest BCUT2D eigenvalue weighted by molar-refractivity contribution is 5.94. The van der Waals surface area contributed by atoms with Crippen LogP contribution in [-0.4, -0.2) is 99.6 Å². The summed E-state index contributed by atoms with van der Waals surface area (Å²) in [5, 5.41) is 63.3. The monoisotopic (exact) mass is 575 g/mol. The molecule has 14 heteroatoms. The van der Waals surface area contributed by atoms with E-state index >= 15 is 0 Å². The van der Waals surface area contributed by atoms with Crippen molar-refractivity contribution in [1.82, 2.24) is 5.32 Å². The number of aliphatic hydroxyl groups excluding tert-OH is 3. The lowest BCUT2D eigenvalue weighted by Gasteiger charge is -2.46. The maximum Gasteiger partial charge on any atom is 0.321 e. The van der Waals surface area contributed by atoms with Crippen molar-refractivity contribution in [3.8, 4) is 22.6 Å². The van der Waals surface area contributed by atoms with Crippen molar-refractivity contribution in [2.45, 2.75) is 30.2 Å². The smallest absolute Gasteiger partial charge is 0.321 e. The van der Waals surface area contributed by atoms with E-state index in [9.17, 15) is 45.0 Å². The van der Waals surface area contributed by atoms with Crippen LogP contribution in [-0.2, 0) is 19.1 Å². The van der Waals surface area contributed by atoms with Crippen molar-refractivity contribution in [2.75, 3.05) is 26.8 Å². The topological polar surface area (TPSA) is 225 Å². The van der Waals surface area contributed by atoms with Crippen molar-refractivity contribution in [1.29, 1.82) is 0 Å². The molecule has 7 N–H and O–H groups in total. The molecule has 220 valence electrons. The van der Waals surface area contributed by atoms with Crippen LogP contribution in [0.25, 0.3) is 22.1 Å². The number of benzene rings is 2. The van der Waals surface area contributed by atoms with E-state index in [0.717, 1.165) is 0 Å². The predicted octanol–water partition coefficient (Wildman–Crippen LogP) is -0.822. The predicted molar refractivity (Wildman–Crippen MR) is 139 cm³/mol. The van der Waals surface area contributed by atoms with E-state index in [1.54, 1.807) is 12.1 Å². The van der Waals surface area contributed by atoms with Gasteiger partial charge < -0.3 is 54.6 Å². The second kappa shape index (κ2) is 12.2. The molecule has 1 fully saturated rings. The summed E-state index contributed by atoms with van der Waals surface area (Å²) in [7, 11) is 1.44. The van der Waals surface area contributed by atoms with Gasteiger partial charge in [-0.2, -0.15) is 0 Å². The lowest BCUT2D eigenvalue weighted by atomic mass is 9.85. The van der Waals surface area contributed by atoms with Crippen LogP contribution < -0.4 is 15.5 Å². The minimum Gasteiger partial charge on any atom is -0.508 e. The Morgan fingerprint density at radius 1 is 1.12 bits per heavy atom. The van der Waals surface area contributed by atoms with E-state index in [1.807, 2.05) is 0 Å². The molecule has 0 bridgehead atoms. The third kappa shape index (κ3) is 6.02. The number of carboxylic acid groups (broad SMARTS) is 1. The molecular weight excluding hydrogens is 546 g/mol. The number of carbonyl (C=O) groups excluding carboxylic acids is 1. The Bertz CT molecular complexity index is 1460. The number of rotatable bonds is 10. The van der Waals surface area contributed by atoms with Gasteiger partial charge in [-0.15, -0.1) is 0 Å². The highest BCUT2D eigenvalue weighted by atomic mass is 16.7. The van der Waals surface area contributed by atoms with E-state index in [0.29, 0.717) is 5.56 Å². The van der Waals surface area contributed by atoms with Crippen LogP contribution in [0.2, 0.25) is 0 Å². The Morgan fingerprint density at radius 2 is 1.83 bits per heavy atom. The molecule has 1 saturated heterocycles. The molecule has 0 unspecified atom stereocenters. The zero-order chi connectivity index (χ0) is 29.9. The van der Waals surface area contributed by atoms with Gasteiger partial charge >= 0.3 is 11.9 Å². The minimum atomic E-state index is -2.57. The first kappa shape index (κ1) is 29.9. The molecule has 41 heavy (non-hydrogen) atoms. The summed E-state index contributed by atoms with van der Waals surface area (Å²) in [5.74, 6) is -4.11. The third-order valence-corrected chi connectivity index (χ3v) is 6.75. The van der Waals surface area contributed by atoms with E-state index in [4.69, 9.17) is 18.6 Å². The van der Waals surface area contributed by atoms with E-state index in [1.165, 1.54) is 43.6 Å². The number of fused-ring (bicyclic) bond motifs is 1. The quantitative estimate of drug-likeness (QED) is 0.116. The normalized spacial score (nSPS) is 25.0. The van der Waals surface area contributed by atoms with Crippen LogP contribution in [0, 0.1) is 5.92 Å². The molecule has 0 amide bonds. The highest BCUT2D eigenvalue weighted by Crippen LogP contribution is 2.33. The van der Waals surface area contributed by atoms with Gasteiger partial charge in [0.1, 0.15) is 53.9 Å². The van der Waals surface area contributed by atoms with Crippen LogP contribution >= 0.6 is 0 Å². The Labute approximate surface area is 231 Å². The third-order valence-electron chi connectivity index (χ3n) is 6.75. The molecular formula is C27H29NO13. The number of ether oxygens (including phenoxy) is 3. The molecule has 0 spiro atoms. The maximum absolute atomic E-state index is 13.0. The van der Waals surface area contributed by atoms with E-state index in [2.05, 4.69) is 5.32 Å². The summed E-state index contributed by atoms with van der Waals surface area (Å²) in [4.78, 5) is 36.6. The van der Waals surface area contributed by atoms with Gasteiger partial charge in [0.15, 0.2) is 11.3 Å². The van der Waals surface area contributed by atoms with Crippen molar-refractivity contribution >= 4 is 22.9 Å². The Balaban J connectivity index is 1.55. The number of aliphatic hydroxyl groups is 4. The Hall–Kier alpha value is -4.05. The molecule has 6 atom stereocenters. The zero-order valence-electron chi connectivity index (χ0n) is 21.7. The summed E-state index contributed by atoms with van der Waals surface area (Å²) in [5.41, 5.74) is -2.06. The van der Waals surface area contributed by atoms with Gasteiger partial charge in [0, 0.05) is 12.6 Å². The van der Waals surface area contributed by atoms with Crippen LogP contribution in [0.1, 0.15) is 0 Å². The summed E-state index contributed by atoms with van der Waals surface area (Å²) in [6, 6.07) is 10.0. The van der Waals surface area contributed by atoms with Gasteiger partial charge in [-0.05, 0) is 36.9 Å². The number of carboxylic acids is 1. The standard InChI is InChI=1S/C27H29NO13/c1-28-9-17(24(34)35)25(36)39-11-20-22(32)27(37,12-29)23(33)26(41-20)40-15-6-7-16-19(8-15)38-10-18(21(16)31)13-2-4-14(30)5-3-13/h2-8,10,17,20,22-23,26,28-30,32-33,37H,9,11-12H2,1H3,(H,34,35)/t17-,20+,22-,23+,26-,27+/m0/s1. The minimum absolute atomic E-state index is 0.00877. The fourth-order valence-electron chi connectivity index (χ4n) is 4.36. The number of hydrogen-bond donors (Lipinski definition) is 7. The SMILES string of the molecule is CNC[C@@H](C(=O)O)C(=O)OC[C@H]1O[C@H](Oc2ccc3c(=O)c(-c4ccc(O)cc4)coc3c2)[C@@H](O)[C@@](O)(CO)[C@H]1O. The number of carbonyl (C=O) groups is 2. The lowest BCUT2D eigenvalue weighted by molar-refractivity contribution is -0.320. The number of nitrogens with one attached hydrogen (secondary N) is 1. The Morgan fingerprint density at radius 3 is 2.46 bits per heavy atom. The molecule has 2 heterocycles. The lowest BCUT2D eigenvalue weighted by Crippen LogP contribution is -2.69. The Kier molecular flexibility index (Phi) is 8.92. The van der Waals surface area contributed by atoms with E-state index < -0.39 is 61.3 Å². The van der Waals surface area contributed by atoms with Gasteiger partial charge in [0.25, 0.3) is 0 Å². The summed E-state index contributed by atoms with van der Waals surface area (Å²) >= 11 is 0. The van der Waals surface area contributed by atoms with Gasteiger partial charge in [0.05, 0.1) is 17.6 Å². The fraction of sp³-hybridized carbons (Fsp3) is 0.370. The average Bonchev–Trinajstić information content (AvgIpc) is 2.96. The average molecular weight is 576 g/mol. The highest BCUT2D eigenvalue weighted by Gasteiger charge is 2.56.